The van der Waals surface area contributed by atoms with E-state index in [9.17, 15) is 4.79 Å². The Hall–Kier alpha value is -0.710. The minimum Gasteiger partial charge on any atom is -0.376 e. The predicted molar refractivity (Wildman–Crippen MR) is 53.9 cm³/mol. The van der Waals surface area contributed by atoms with Crippen molar-refractivity contribution in [1.82, 2.24) is 0 Å². The van der Waals surface area contributed by atoms with E-state index in [-0.39, 0.29) is 5.78 Å². The van der Waals surface area contributed by atoms with Gasteiger partial charge in [-0.25, -0.2) is 0 Å². The van der Waals surface area contributed by atoms with Gasteiger partial charge in [0.05, 0.1) is 24.7 Å². The van der Waals surface area contributed by atoms with Crippen LogP contribution in [0.1, 0.15) is 15.2 Å². The van der Waals surface area contributed by atoms with Crippen LogP contribution >= 0.6 is 11.3 Å². The lowest BCUT2D eigenvalue weighted by Crippen LogP contribution is -2.35. The second-order valence-corrected chi connectivity index (χ2v) is 4.15. The highest BCUT2D eigenvalue weighted by molar-refractivity contribution is 7.12. The van der Waals surface area contributed by atoms with Crippen molar-refractivity contribution in [2.45, 2.75) is 13.0 Å². The minimum absolute atomic E-state index is 0.0530. The first-order chi connectivity index (χ1) is 6.79. The number of aryl methyl sites for hydroxylation is 1. The van der Waals surface area contributed by atoms with E-state index >= 15 is 0 Å². The smallest absolute Gasteiger partial charge is 0.204 e. The van der Waals surface area contributed by atoms with E-state index < -0.39 is 6.10 Å². The Morgan fingerprint density at radius 3 is 3.00 bits per heavy atom. The lowest BCUT2D eigenvalue weighted by Gasteiger charge is -2.21. The molecular formula is C10H12O3S. The van der Waals surface area contributed by atoms with Crippen LogP contribution in [0.5, 0.6) is 0 Å². The quantitative estimate of drug-likeness (QED) is 0.699. The molecule has 0 bridgehead atoms. The van der Waals surface area contributed by atoms with Gasteiger partial charge in [0.25, 0.3) is 0 Å². The van der Waals surface area contributed by atoms with Gasteiger partial charge in [0.2, 0.25) is 5.78 Å². The van der Waals surface area contributed by atoms with Crippen molar-refractivity contribution in [2.24, 2.45) is 0 Å². The maximum Gasteiger partial charge on any atom is 0.204 e. The Labute approximate surface area is 86.6 Å². The molecule has 1 atom stereocenters. The molecule has 14 heavy (non-hydrogen) atoms. The normalized spacial score (nSPS) is 22.2. The second kappa shape index (κ2) is 4.21. The summed E-state index contributed by atoms with van der Waals surface area (Å²) in [7, 11) is 0. The van der Waals surface area contributed by atoms with E-state index in [1.54, 1.807) is 0 Å². The minimum atomic E-state index is -0.402. The molecule has 3 nitrogen and oxygen atoms in total. The number of thiophene rings is 1. The molecule has 0 saturated carbocycles. The summed E-state index contributed by atoms with van der Waals surface area (Å²) in [6.45, 7) is 3.43. The van der Waals surface area contributed by atoms with Gasteiger partial charge in [0.1, 0.15) is 6.10 Å². The zero-order valence-electron chi connectivity index (χ0n) is 7.99. The van der Waals surface area contributed by atoms with Crippen molar-refractivity contribution in [3.8, 4) is 0 Å². The van der Waals surface area contributed by atoms with Crippen molar-refractivity contribution in [2.75, 3.05) is 19.8 Å². The van der Waals surface area contributed by atoms with Gasteiger partial charge in [0, 0.05) is 0 Å². The van der Waals surface area contributed by atoms with Crippen LogP contribution in [0.15, 0.2) is 11.4 Å². The zero-order valence-corrected chi connectivity index (χ0v) is 8.80. The monoisotopic (exact) mass is 212 g/mol. The average Bonchev–Trinajstić information content (AvgIpc) is 2.65. The van der Waals surface area contributed by atoms with Crippen LogP contribution in [0.2, 0.25) is 0 Å². The lowest BCUT2D eigenvalue weighted by molar-refractivity contribution is -0.0717. The molecule has 1 unspecified atom stereocenters. The lowest BCUT2D eigenvalue weighted by atomic mass is 10.1. The van der Waals surface area contributed by atoms with Crippen LogP contribution in [-0.4, -0.2) is 31.7 Å². The third-order valence-electron chi connectivity index (χ3n) is 2.19. The van der Waals surface area contributed by atoms with Crippen molar-refractivity contribution < 1.29 is 14.3 Å². The Balaban J connectivity index is 2.11. The van der Waals surface area contributed by atoms with Crippen molar-refractivity contribution in [3.63, 3.8) is 0 Å². The van der Waals surface area contributed by atoms with Crippen molar-refractivity contribution in [3.05, 3.63) is 21.9 Å². The number of rotatable bonds is 2. The molecule has 4 heteroatoms. The van der Waals surface area contributed by atoms with Gasteiger partial charge < -0.3 is 9.47 Å². The van der Waals surface area contributed by atoms with Gasteiger partial charge in [-0.2, -0.15) is 0 Å². The first-order valence-corrected chi connectivity index (χ1v) is 5.44. The third kappa shape index (κ3) is 1.87. The summed E-state index contributed by atoms with van der Waals surface area (Å²) < 4.78 is 10.6. The maximum absolute atomic E-state index is 11.9. The molecular weight excluding hydrogens is 200 g/mol. The number of hydrogen-bond donors (Lipinski definition) is 0. The summed E-state index contributed by atoms with van der Waals surface area (Å²) in [5, 5.41) is 1.92. The van der Waals surface area contributed by atoms with E-state index in [0.717, 1.165) is 10.4 Å². The van der Waals surface area contributed by atoms with E-state index in [2.05, 4.69) is 0 Å². The molecule has 1 aromatic heterocycles. The molecule has 1 fully saturated rings. The standard InChI is InChI=1S/C10H12O3S/c1-7-2-5-14-10(7)9(11)8-6-12-3-4-13-8/h2,5,8H,3-4,6H2,1H3. The van der Waals surface area contributed by atoms with Crippen LogP contribution in [-0.2, 0) is 9.47 Å². The van der Waals surface area contributed by atoms with Gasteiger partial charge in [-0.1, -0.05) is 0 Å². The molecule has 1 saturated heterocycles. The van der Waals surface area contributed by atoms with E-state index in [1.165, 1.54) is 11.3 Å². The fourth-order valence-corrected chi connectivity index (χ4v) is 2.32. The van der Waals surface area contributed by atoms with Crippen molar-refractivity contribution in [1.29, 1.82) is 0 Å². The highest BCUT2D eigenvalue weighted by atomic mass is 32.1. The summed E-state index contributed by atoms with van der Waals surface area (Å²) in [5.74, 6) is 0.0530. The van der Waals surface area contributed by atoms with Crippen LogP contribution in [0.3, 0.4) is 0 Å². The fraction of sp³-hybridized carbons (Fsp3) is 0.500. The zero-order chi connectivity index (χ0) is 9.97. The highest BCUT2D eigenvalue weighted by Crippen LogP contribution is 2.19. The summed E-state index contributed by atoms with van der Waals surface area (Å²) in [4.78, 5) is 12.7. The number of carbonyl (C=O) groups excluding carboxylic acids is 1. The number of hydrogen-bond acceptors (Lipinski definition) is 4. The second-order valence-electron chi connectivity index (χ2n) is 3.23. The number of carbonyl (C=O) groups is 1. The molecule has 0 aliphatic carbocycles. The van der Waals surface area contributed by atoms with Crippen LogP contribution in [0.4, 0.5) is 0 Å². The van der Waals surface area contributed by atoms with Crippen LogP contribution in [0, 0.1) is 6.92 Å². The molecule has 1 aromatic rings. The molecule has 0 N–H and O–H groups in total. The van der Waals surface area contributed by atoms with Gasteiger partial charge in [0.15, 0.2) is 0 Å². The fourth-order valence-electron chi connectivity index (χ4n) is 1.41. The molecule has 0 radical (unpaired) electrons. The topological polar surface area (TPSA) is 35.5 Å². The van der Waals surface area contributed by atoms with Gasteiger partial charge in [-0.3, -0.25) is 4.79 Å². The average molecular weight is 212 g/mol. The SMILES string of the molecule is Cc1ccsc1C(=O)C1COCCO1. The molecule has 0 amide bonds. The van der Waals surface area contributed by atoms with Crippen LogP contribution < -0.4 is 0 Å². The Morgan fingerprint density at radius 1 is 1.57 bits per heavy atom. The Bertz CT molecular complexity index is 326. The van der Waals surface area contributed by atoms with E-state index in [0.29, 0.717) is 19.8 Å². The summed E-state index contributed by atoms with van der Waals surface area (Å²) >= 11 is 1.47. The number of Topliss-reactive ketones (excluding diaryl/α,β-unsaturated/α-hetero) is 1. The van der Waals surface area contributed by atoms with Crippen molar-refractivity contribution >= 4 is 17.1 Å². The van der Waals surface area contributed by atoms with E-state index in [4.69, 9.17) is 9.47 Å². The van der Waals surface area contributed by atoms with Gasteiger partial charge in [-0.05, 0) is 23.9 Å². The Kier molecular flexibility index (Phi) is 2.96. The van der Waals surface area contributed by atoms with Gasteiger partial charge in [-0.15, -0.1) is 11.3 Å². The first kappa shape index (κ1) is 9.83. The predicted octanol–water partition coefficient (Wildman–Crippen LogP) is 1.65. The molecule has 2 rings (SSSR count). The number of ether oxygens (including phenoxy) is 2. The summed E-state index contributed by atoms with van der Waals surface area (Å²) in [5.41, 5.74) is 1.02. The Morgan fingerprint density at radius 2 is 2.43 bits per heavy atom. The largest absolute Gasteiger partial charge is 0.376 e. The van der Waals surface area contributed by atoms with E-state index in [1.807, 2.05) is 18.4 Å². The summed E-state index contributed by atoms with van der Waals surface area (Å²) in [6.07, 6.45) is -0.402. The summed E-state index contributed by atoms with van der Waals surface area (Å²) in [6, 6.07) is 1.95. The molecule has 1 aliphatic heterocycles. The van der Waals surface area contributed by atoms with Crippen LogP contribution in [0.25, 0.3) is 0 Å². The molecule has 0 aromatic carbocycles. The molecule has 76 valence electrons. The maximum atomic E-state index is 11.9. The number of ketones is 1. The molecule has 2 heterocycles. The first-order valence-electron chi connectivity index (χ1n) is 4.56. The third-order valence-corrected chi connectivity index (χ3v) is 3.23. The molecule has 1 aliphatic rings. The highest BCUT2D eigenvalue weighted by Gasteiger charge is 2.25. The molecule has 0 spiro atoms. The van der Waals surface area contributed by atoms with Gasteiger partial charge >= 0.3 is 0 Å².